The van der Waals surface area contributed by atoms with Gasteiger partial charge in [-0.2, -0.15) is 21.0 Å². The van der Waals surface area contributed by atoms with E-state index in [1.54, 1.807) is 0 Å². The first kappa shape index (κ1) is 27.2. The van der Waals surface area contributed by atoms with Crippen LogP contribution in [0.5, 0.6) is 0 Å². The summed E-state index contributed by atoms with van der Waals surface area (Å²) in [5.41, 5.74) is 9.58. The van der Waals surface area contributed by atoms with Crippen LogP contribution in [0.1, 0.15) is 55.6 Å². The number of nitriles is 4. The highest BCUT2D eigenvalue weighted by Gasteiger charge is 2.68. The fourth-order valence-corrected chi connectivity index (χ4v) is 7.75. The van der Waals surface area contributed by atoms with E-state index >= 15 is 0 Å². The second-order valence-electron chi connectivity index (χ2n) is 12.4. The fraction of sp³-hybridized carbons (Fsp3) is 0.200. The summed E-state index contributed by atoms with van der Waals surface area (Å²) in [5.74, 6) is -1.38. The molecular weight excluding hydrogens is 536 g/mol. The van der Waals surface area contributed by atoms with Crippen LogP contribution in [-0.4, -0.2) is 0 Å². The lowest BCUT2D eigenvalue weighted by Gasteiger charge is -2.58. The predicted octanol–water partition coefficient (Wildman–Crippen LogP) is 8.07. The van der Waals surface area contributed by atoms with Crippen molar-refractivity contribution in [1.82, 2.24) is 0 Å². The van der Waals surface area contributed by atoms with Gasteiger partial charge in [0.1, 0.15) is 0 Å². The van der Waals surface area contributed by atoms with Crippen molar-refractivity contribution in [1.29, 1.82) is 21.0 Å². The van der Waals surface area contributed by atoms with Gasteiger partial charge in [0.05, 0.1) is 24.3 Å². The van der Waals surface area contributed by atoms with Gasteiger partial charge in [-0.15, -0.1) is 0 Å². The van der Waals surface area contributed by atoms with Gasteiger partial charge in [-0.1, -0.05) is 107 Å². The van der Waals surface area contributed by atoms with Crippen LogP contribution in [0.2, 0.25) is 0 Å². The number of benzene rings is 4. The van der Waals surface area contributed by atoms with Crippen LogP contribution in [0, 0.1) is 84.9 Å². The number of hydrogen-bond donors (Lipinski definition) is 0. The third-order valence-electron chi connectivity index (χ3n) is 9.84. The van der Waals surface area contributed by atoms with Crippen molar-refractivity contribution in [2.24, 2.45) is 11.8 Å². The first-order chi connectivity index (χ1) is 21.2. The molecule has 3 aliphatic carbocycles. The number of aryl methyl sites for hydroxylation is 4. The number of nitrogens with zero attached hydrogens (tertiary/aromatic N) is 4. The molecule has 208 valence electrons. The van der Waals surface area contributed by atoms with Crippen molar-refractivity contribution in [3.8, 4) is 24.3 Å². The Balaban J connectivity index is 1.72. The summed E-state index contributed by atoms with van der Waals surface area (Å²) in [6, 6.07) is 38.4. The maximum atomic E-state index is 11.0. The summed E-state index contributed by atoms with van der Waals surface area (Å²) >= 11 is 0. The molecular formula is C40H28N4. The molecule has 0 radical (unpaired) electrons. The Morgan fingerprint density at radius 2 is 0.773 bits per heavy atom. The average molecular weight is 565 g/mol. The highest BCUT2D eigenvalue weighted by molar-refractivity contribution is 6.00. The van der Waals surface area contributed by atoms with E-state index in [1.807, 2.05) is 64.1 Å². The van der Waals surface area contributed by atoms with E-state index in [-0.39, 0.29) is 0 Å². The summed E-state index contributed by atoms with van der Waals surface area (Å²) in [4.78, 5) is 0. The fourth-order valence-electron chi connectivity index (χ4n) is 7.75. The number of allylic oxidation sites excluding steroid dienone is 2. The summed E-state index contributed by atoms with van der Waals surface area (Å²) in [5, 5.41) is 43.9. The predicted molar refractivity (Wildman–Crippen MR) is 170 cm³/mol. The van der Waals surface area contributed by atoms with Gasteiger partial charge in [0.2, 0.25) is 0 Å². The lowest BCUT2D eigenvalue weighted by atomic mass is 9.40. The third kappa shape index (κ3) is 3.35. The van der Waals surface area contributed by atoms with Gasteiger partial charge in [-0.25, -0.2) is 0 Å². The van der Waals surface area contributed by atoms with E-state index in [4.69, 9.17) is 0 Å². The molecule has 1 fully saturated rings. The largest absolute Gasteiger partial charge is 0.196 e. The van der Waals surface area contributed by atoms with Crippen molar-refractivity contribution in [2.75, 3.05) is 0 Å². The van der Waals surface area contributed by atoms with E-state index in [2.05, 4.69) is 72.8 Å². The van der Waals surface area contributed by atoms with Crippen LogP contribution in [0.3, 0.4) is 0 Å². The van der Waals surface area contributed by atoms with Gasteiger partial charge in [-0.05, 0) is 83.4 Å². The van der Waals surface area contributed by atoms with E-state index in [1.165, 1.54) is 0 Å². The molecule has 0 bridgehead atoms. The first-order valence-electron chi connectivity index (χ1n) is 14.8. The molecule has 7 rings (SSSR count). The van der Waals surface area contributed by atoms with Gasteiger partial charge in [0.25, 0.3) is 0 Å². The van der Waals surface area contributed by atoms with Gasteiger partial charge < -0.3 is 0 Å². The van der Waals surface area contributed by atoms with Crippen molar-refractivity contribution in [3.05, 3.63) is 152 Å². The normalized spacial score (nSPS) is 19.9. The topological polar surface area (TPSA) is 95.2 Å². The molecule has 44 heavy (non-hydrogen) atoms. The number of fused-ring (bicyclic) bond motifs is 6. The standard InChI is InChI=1S/C40H28N4/c1-23-5-11-27(12-6-23)33-29-15-9-25(3)17-31(29)39(19-41,20-42)37-35(33)36-34(28-13-7-24(2)8-14-28)30-16-10-26(4)18-32(30)40(21-43,22-44)38(36)37/h5-18,37-38H,1-4H3/t37-,38-/m1/s1. The zero-order valence-electron chi connectivity index (χ0n) is 25.0. The maximum absolute atomic E-state index is 11.0. The Labute approximate surface area is 258 Å². The Morgan fingerprint density at radius 1 is 0.455 bits per heavy atom. The lowest BCUT2D eigenvalue weighted by molar-refractivity contribution is 0.237. The van der Waals surface area contributed by atoms with Crippen LogP contribution in [0.25, 0.3) is 11.1 Å². The molecule has 0 saturated heterocycles. The molecule has 0 spiro atoms. The minimum absolute atomic E-state index is 0.641. The van der Waals surface area contributed by atoms with Gasteiger partial charge in [0.15, 0.2) is 10.8 Å². The van der Waals surface area contributed by atoms with Gasteiger partial charge in [-0.3, -0.25) is 0 Å². The van der Waals surface area contributed by atoms with Gasteiger partial charge >= 0.3 is 0 Å². The Hall–Kier alpha value is -5.68. The van der Waals surface area contributed by atoms with Crippen LogP contribution >= 0.6 is 0 Å². The summed E-state index contributed by atoms with van der Waals surface area (Å²) in [6.07, 6.45) is 0. The summed E-state index contributed by atoms with van der Waals surface area (Å²) in [7, 11) is 0. The van der Waals surface area contributed by atoms with Crippen molar-refractivity contribution >= 4 is 11.1 Å². The highest BCUT2D eigenvalue weighted by atomic mass is 14.7. The molecule has 0 amide bonds. The summed E-state index contributed by atoms with van der Waals surface area (Å²) in [6.45, 7) is 8.01. The lowest BCUT2D eigenvalue weighted by Crippen LogP contribution is -2.58. The molecule has 2 atom stereocenters. The molecule has 4 heteroatoms. The first-order valence-corrected chi connectivity index (χ1v) is 14.8. The molecule has 4 aromatic rings. The Kier molecular flexibility index (Phi) is 5.81. The second kappa shape index (κ2) is 9.41. The molecule has 0 aromatic heterocycles. The van der Waals surface area contributed by atoms with Crippen molar-refractivity contribution < 1.29 is 0 Å². The second-order valence-corrected chi connectivity index (χ2v) is 12.4. The zero-order chi connectivity index (χ0) is 31.0. The molecule has 3 aliphatic rings. The molecule has 0 unspecified atom stereocenters. The minimum atomic E-state index is -1.59. The SMILES string of the molecule is Cc1ccc(C2=C3C4=C(c5ccc(C)cc5)c5ccc(C)cc5C(C#N)(C#N)[C@H]4[C@@H]3C(C#N)(C#N)c3cc(C)ccc32)cc1. The van der Waals surface area contributed by atoms with E-state index < -0.39 is 22.7 Å². The Bertz CT molecular complexity index is 1960. The smallest absolute Gasteiger partial charge is 0.176 e. The third-order valence-corrected chi connectivity index (χ3v) is 9.84. The molecule has 0 N–H and O–H groups in total. The van der Waals surface area contributed by atoms with Crippen LogP contribution in [0.15, 0.2) is 96.1 Å². The highest BCUT2D eigenvalue weighted by Crippen LogP contribution is 2.70. The van der Waals surface area contributed by atoms with E-state index in [9.17, 15) is 21.0 Å². The van der Waals surface area contributed by atoms with E-state index in [0.29, 0.717) is 11.1 Å². The average Bonchev–Trinajstić information content (AvgIpc) is 3.03. The minimum Gasteiger partial charge on any atom is -0.196 e. The Morgan fingerprint density at radius 3 is 1.09 bits per heavy atom. The van der Waals surface area contributed by atoms with Crippen LogP contribution in [-0.2, 0) is 10.8 Å². The number of rotatable bonds is 2. The number of hydrogen-bond acceptors (Lipinski definition) is 4. The van der Waals surface area contributed by atoms with Crippen LogP contribution in [0.4, 0.5) is 0 Å². The quantitative estimate of drug-likeness (QED) is 0.246. The molecule has 1 saturated carbocycles. The van der Waals surface area contributed by atoms with Crippen molar-refractivity contribution in [3.63, 3.8) is 0 Å². The van der Waals surface area contributed by atoms with Crippen LogP contribution < -0.4 is 0 Å². The van der Waals surface area contributed by atoms with Crippen molar-refractivity contribution in [2.45, 2.75) is 38.5 Å². The molecule has 0 heterocycles. The van der Waals surface area contributed by atoms with E-state index in [0.717, 1.165) is 66.8 Å². The maximum Gasteiger partial charge on any atom is 0.176 e. The molecule has 0 aliphatic heterocycles. The zero-order valence-corrected chi connectivity index (χ0v) is 25.0. The van der Waals surface area contributed by atoms with Gasteiger partial charge in [0, 0.05) is 11.8 Å². The summed E-state index contributed by atoms with van der Waals surface area (Å²) < 4.78 is 0. The molecule has 4 nitrogen and oxygen atoms in total. The molecule has 4 aromatic carbocycles. The monoisotopic (exact) mass is 564 g/mol.